The molecule has 1 amide bonds. The molecule has 0 saturated carbocycles. The molecule has 4 aromatic rings. The minimum Gasteiger partial charge on any atom is -0.444 e. The van der Waals surface area contributed by atoms with Crippen LogP contribution in [0.25, 0.3) is 33.4 Å². The first-order valence-electron chi connectivity index (χ1n) is 20.2. The van der Waals surface area contributed by atoms with Crippen molar-refractivity contribution >= 4 is 36.7 Å². The lowest BCUT2D eigenvalue weighted by Gasteiger charge is -2.37. The fourth-order valence-electron chi connectivity index (χ4n) is 6.90. The van der Waals surface area contributed by atoms with Crippen molar-refractivity contribution < 1.29 is 42.4 Å². The molecule has 6 rings (SSSR count). The van der Waals surface area contributed by atoms with Crippen molar-refractivity contribution in [3.8, 4) is 28.3 Å². The van der Waals surface area contributed by atoms with Gasteiger partial charge in [0.25, 0.3) is 0 Å². The third-order valence-electron chi connectivity index (χ3n) is 9.89. The molecule has 13 nitrogen and oxygen atoms in total. The molecule has 0 radical (unpaired) electrons. The second-order valence-corrected chi connectivity index (χ2v) is 22.6. The molecule has 15 heteroatoms. The number of fused-ring (bicyclic) bond motifs is 1. The first-order chi connectivity index (χ1) is 27.6. The fraction of sp³-hybridized carbons (Fsp3) is 0.535. The molecule has 58 heavy (non-hydrogen) atoms. The zero-order valence-electron chi connectivity index (χ0n) is 35.0. The standard InChI is InChI=1S/C43H58FN5O8Si/c1-30(50)56-38-25-31(14-15-36(38)47-16-18-48(19-17-47)42(51)57-43(2,3)4)41-33-26-35(45-27-37(33)49(46-41)29-53-23-24-58(5,6)7)40-32(11-10-12-34(40)44)28-52-21-22-55-39-13-8-9-20-54-39/h10-12,14-15,25-27,39H,8-9,13,16-24,28-29H2,1-7H3. The average Bonchev–Trinajstić information content (AvgIpc) is 3.53. The number of amides is 1. The number of pyridine rings is 1. The summed E-state index contributed by atoms with van der Waals surface area (Å²) in [4.78, 5) is 33.7. The van der Waals surface area contributed by atoms with Crippen LogP contribution in [0.15, 0.2) is 48.7 Å². The number of benzene rings is 2. The molecule has 2 aliphatic heterocycles. The minimum absolute atomic E-state index is 0.165. The van der Waals surface area contributed by atoms with Crippen LogP contribution in [0.5, 0.6) is 5.75 Å². The summed E-state index contributed by atoms with van der Waals surface area (Å²) >= 11 is 0. The van der Waals surface area contributed by atoms with E-state index in [0.29, 0.717) is 92.0 Å². The van der Waals surface area contributed by atoms with Crippen molar-refractivity contribution in [2.24, 2.45) is 0 Å². The Labute approximate surface area is 341 Å². The van der Waals surface area contributed by atoms with E-state index in [1.165, 1.54) is 13.0 Å². The number of ether oxygens (including phenoxy) is 6. The minimum atomic E-state index is -1.33. The maximum Gasteiger partial charge on any atom is 0.410 e. The van der Waals surface area contributed by atoms with Crippen LogP contribution in [0.3, 0.4) is 0 Å². The highest BCUT2D eigenvalue weighted by molar-refractivity contribution is 6.76. The molecular weight excluding hydrogens is 762 g/mol. The zero-order valence-corrected chi connectivity index (χ0v) is 36.0. The molecule has 0 N–H and O–H groups in total. The number of halogens is 1. The van der Waals surface area contributed by atoms with E-state index in [2.05, 4.69) is 24.5 Å². The molecule has 1 atom stereocenters. The number of aromatic nitrogens is 3. The van der Waals surface area contributed by atoms with Gasteiger partial charge in [-0.2, -0.15) is 5.10 Å². The molecule has 2 aromatic heterocycles. The van der Waals surface area contributed by atoms with Gasteiger partial charge in [-0.05, 0) is 75.9 Å². The Morgan fingerprint density at radius 3 is 2.48 bits per heavy atom. The lowest BCUT2D eigenvalue weighted by molar-refractivity contribution is -0.169. The normalized spacial score (nSPS) is 16.5. The van der Waals surface area contributed by atoms with Gasteiger partial charge in [-0.15, -0.1) is 0 Å². The van der Waals surface area contributed by atoms with Gasteiger partial charge in [0, 0.05) is 70.9 Å². The predicted octanol–water partition coefficient (Wildman–Crippen LogP) is 8.26. The van der Waals surface area contributed by atoms with Gasteiger partial charge in [-0.1, -0.05) is 37.8 Å². The Morgan fingerprint density at radius 2 is 1.78 bits per heavy atom. The van der Waals surface area contributed by atoms with Gasteiger partial charge in [0.2, 0.25) is 0 Å². The average molecular weight is 820 g/mol. The number of rotatable bonds is 15. The number of nitrogens with zero attached hydrogens (tertiary/aromatic N) is 5. The largest absolute Gasteiger partial charge is 0.444 e. The van der Waals surface area contributed by atoms with Crippen molar-refractivity contribution in [3.63, 3.8) is 0 Å². The summed E-state index contributed by atoms with van der Waals surface area (Å²) in [6.45, 7) is 18.1. The summed E-state index contributed by atoms with van der Waals surface area (Å²) in [5.74, 6) is -0.519. The zero-order chi connectivity index (χ0) is 41.5. The summed E-state index contributed by atoms with van der Waals surface area (Å²) in [5, 5.41) is 5.74. The van der Waals surface area contributed by atoms with Crippen molar-refractivity contribution in [2.45, 2.75) is 97.9 Å². The highest BCUT2D eigenvalue weighted by atomic mass is 28.3. The molecule has 2 saturated heterocycles. The lowest BCUT2D eigenvalue weighted by atomic mass is 10.0. The summed E-state index contributed by atoms with van der Waals surface area (Å²) < 4.78 is 52.5. The van der Waals surface area contributed by atoms with Crippen LogP contribution in [0.2, 0.25) is 25.7 Å². The quantitative estimate of drug-likeness (QED) is 0.0498. The van der Waals surface area contributed by atoms with Crippen LogP contribution in [-0.4, -0.2) is 104 Å². The molecule has 0 aliphatic carbocycles. The maximum absolute atomic E-state index is 15.8. The van der Waals surface area contributed by atoms with Gasteiger partial charge >= 0.3 is 12.1 Å². The van der Waals surface area contributed by atoms with Crippen LogP contribution in [0.4, 0.5) is 14.9 Å². The number of carbonyl (C=O) groups excluding carboxylic acids is 2. The van der Waals surface area contributed by atoms with Gasteiger partial charge in [0.15, 0.2) is 12.0 Å². The topological polar surface area (TPSA) is 127 Å². The Balaban J connectivity index is 1.29. The van der Waals surface area contributed by atoms with Crippen LogP contribution >= 0.6 is 0 Å². The van der Waals surface area contributed by atoms with E-state index in [1.54, 1.807) is 27.9 Å². The van der Waals surface area contributed by atoms with Crippen LogP contribution in [0, 0.1) is 5.82 Å². The van der Waals surface area contributed by atoms with Gasteiger partial charge < -0.3 is 38.2 Å². The van der Waals surface area contributed by atoms with E-state index >= 15 is 4.39 Å². The third-order valence-corrected chi connectivity index (χ3v) is 11.6. The van der Waals surface area contributed by atoms with E-state index in [1.807, 2.05) is 45.0 Å². The first kappa shape index (κ1) is 43.2. The summed E-state index contributed by atoms with van der Waals surface area (Å²) in [6.07, 6.45) is 4.14. The Bertz CT molecular complexity index is 2030. The molecule has 314 valence electrons. The third kappa shape index (κ3) is 11.6. The fourth-order valence-corrected chi connectivity index (χ4v) is 7.66. The second-order valence-electron chi connectivity index (χ2n) is 17.0. The second kappa shape index (κ2) is 19.1. The molecule has 0 spiro atoms. The Kier molecular flexibility index (Phi) is 14.2. The van der Waals surface area contributed by atoms with Crippen LogP contribution < -0.4 is 9.64 Å². The summed E-state index contributed by atoms with van der Waals surface area (Å²) in [6, 6.07) is 13.4. The first-order valence-corrected chi connectivity index (χ1v) is 23.9. The van der Waals surface area contributed by atoms with Crippen molar-refractivity contribution in [3.05, 3.63) is 60.0 Å². The van der Waals surface area contributed by atoms with Gasteiger partial charge in [-0.25, -0.2) is 13.9 Å². The maximum atomic E-state index is 15.8. The van der Waals surface area contributed by atoms with Crippen molar-refractivity contribution in [1.29, 1.82) is 0 Å². The van der Waals surface area contributed by atoms with Gasteiger partial charge in [0.1, 0.15) is 23.8 Å². The summed E-state index contributed by atoms with van der Waals surface area (Å²) in [5.41, 5.74) is 3.54. The van der Waals surface area contributed by atoms with Gasteiger partial charge in [0.05, 0.1) is 42.9 Å². The number of anilines is 1. The SMILES string of the molecule is CC(=O)Oc1cc(-c2nn(COCC[Si](C)(C)C)c3cnc(-c4c(F)cccc4COCCOC4CCCCO4)cc23)ccc1N1CCN(C(=O)OC(C)(C)C)CC1. The highest BCUT2D eigenvalue weighted by Gasteiger charge is 2.28. The highest BCUT2D eigenvalue weighted by Crippen LogP contribution is 2.38. The molecular formula is C43H58FN5O8Si. The Morgan fingerprint density at radius 1 is 0.983 bits per heavy atom. The summed E-state index contributed by atoms with van der Waals surface area (Å²) in [7, 11) is -1.33. The number of piperazine rings is 1. The number of hydrogen-bond acceptors (Lipinski definition) is 11. The van der Waals surface area contributed by atoms with E-state index in [4.69, 9.17) is 38.5 Å². The number of esters is 1. The molecule has 1 unspecified atom stereocenters. The number of hydrogen-bond donors (Lipinski definition) is 0. The van der Waals surface area contributed by atoms with Crippen molar-refractivity contribution in [2.75, 3.05) is 57.5 Å². The molecule has 4 heterocycles. The monoisotopic (exact) mass is 819 g/mol. The predicted molar refractivity (Wildman–Crippen MR) is 223 cm³/mol. The number of carbonyl (C=O) groups is 2. The smallest absolute Gasteiger partial charge is 0.410 e. The lowest BCUT2D eigenvalue weighted by Crippen LogP contribution is -2.50. The van der Waals surface area contributed by atoms with Crippen molar-refractivity contribution in [1.82, 2.24) is 19.7 Å². The molecule has 2 fully saturated rings. The van der Waals surface area contributed by atoms with E-state index in [9.17, 15) is 9.59 Å². The van der Waals surface area contributed by atoms with Gasteiger partial charge in [-0.3, -0.25) is 9.78 Å². The molecule has 0 bridgehead atoms. The molecule has 2 aliphatic rings. The Hall–Kier alpha value is -4.41. The van der Waals surface area contributed by atoms with E-state index in [-0.39, 0.29) is 25.7 Å². The van der Waals surface area contributed by atoms with E-state index < -0.39 is 25.5 Å². The van der Waals surface area contributed by atoms with E-state index in [0.717, 1.165) is 36.4 Å². The van der Waals surface area contributed by atoms with Crippen LogP contribution in [0.1, 0.15) is 52.5 Å². The molecule has 2 aromatic carbocycles. The van der Waals surface area contributed by atoms with Crippen LogP contribution in [-0.2, 0) is 41.8 Å².